The fraction of sp³-hybridized carbons (Fsp3) is 0.333. The molecular weight excluding hydrogens is 245 g/mol. The molecular formula is C12H14Ru. The van der Waals surface area contributed by atoms with Crippen LogP contribution in [0.15, 0.2) is 44.8 Å². The second-order valence-electron chi connectivity index (χ2n) is 3.24. The molecule has 0 N–H and O–H groups in total. The second-order valence-corrected chi connectivity index (χ2v) is 5.90. The van der Waals surface area contributed by atoms with E-state index in [9.17, 15) is 0 Å². The number of allylic oxidation sites excluding steroid dienone is 8. The van der Waals surface area contributed by atoms with E-state index in [1.54, 1.807) is 8.33 Å². The van der Waals surface area contributed by atoms with Crippen molar-refractivity contribution in [3.63, 3.8) is 0 Å². The van der Waals surface area contributed by atoms with Gasteiger partial charge >= 0.3 is 87.6 Å². The summed E-state index contributed by atoms with van der Waals surface area (Å²) in [7, 11) is 0. The molecule has 0 aliphatic heterocycles. The molecule has 70 valence electrons. The summed E-state index contributed by atoms with van der Waals surface area (Å²) in [6, 6.07) is 0. The molecule has 2 aliphatic carbocycles. The van der Waals surface area contributed by atoms with Gasteiger partial charge < -0.3 is 0 Å². The van der Waals surface area contributed by atoms with Gasteiger partial charge in [0.25, 0.3) is 0 Å². The van der Waals surface area contributed by atoms with Crippen LogP contribution in [0.1, 0.15) is 25.7 Å². The normalized spacial score (nSPS) is 21.5. The molecule has 0 saturated carbocycles. The second kappa shape index (κ2) is 4.72. The summed E-state index contributed by atoms with van der Waals surface area (Å²) >= 11 is 0.373. The SMILES string of the molecule is C1=CCCC[C]([Ru][C]2=CC=CC2)=C1. The maximum absolute atomic E-state index is 2.34. The molecule has 0 aromatic carbocycles. The van der Waals surface area contributed by atoms with Crippen LogP contribution in [0.2, 0.25) is 0 Å². The summed E-state index contributed by atoms with van der Waals surface area (Å²) in [5.41, 5.74) is 0. The summed E-state index contributed by atoms with van der Waals surface area (Å²) in [6.45, 7) is 0. The standard InChI is InChI=1S/C7H9.C5H5.Ru/c1-2-4-6-7-5-3-1;1-2-4-5-3-1;/h1-3H,4,6-7H2;1-3H,4H2;. The van der Waals surface area contributed by atoms with E-state index in [-0.39, 0.29) is 0 Å². The van der Waals surface area contributed by atoms with Crippen molar-refractivity contribution in [3.8, 4) is 0 Å². The van der Waals surface area contributed by atoms with E-state index in [1.807, 2.05) is 0 Å². The number of hydrogen-bond donors (Lipinski definition) is 0. The molecule has 1 heteroatoms. The Labute approximate surface area is 87.7 Å². The molecule has 0 atom stereocenters. The molecule has 0 bridgehead atoms. The summed E-state index contributed by atoms with van der Waals surface area (Å²) in [6.07, 6.45) is 18.7. The van der Waals surface area contributed by atoms with Crippen molar-refractivity contribution >= 4 is 0 Å². The van der Waals surface area contributed by atoms with E-state index in [0.717, 1.165) is 0 Å². The van der Waals surface area contributed by atoms with Gasteiger partial charge in [0.1, 0.15) is 0 Å². The Balaban J connectivity index is 1.93. The third kappa shape index (κ3) is 2.77. The van der Waals surface area contributed by atoms with Crippen LogP contribution in [0, 0.1) is 0 Å². The van der Waals surface area contributed by atoms with Crippen LogP contribution >= 0.6 is 0 Å². The third-order valence-electron chi connectivity index (χ3n) is 2.13. The van der Waals surface area contributed by atoms with Crippen molar-refractivity contribution in [2.24, 2.45) is 0 Å². The molecule has 0 fully saturated rings. The Kier molecular flexibility index (Phi) is 3.32. The first-order valence-electron chi connectivity index (χ1n) is 4.79. The fourth-order valence-electron chi connectivity index (χ4n) is 1.44. The van der Waals surface area contributed by atoms with Gasteiger partial charge in [-0.05, 0) is 0 Å². The van der Waals surface area contributed by atoms with Gasteiger partial charge in [0.05, 0.1) is 0 Å². The Morgan fingerprint density at radius 1 is 1.00 bits per heavy atom. The minimum absolute atomic E-state index is 0.373. The van der Waals surface area contributed by atoms with Crippen LogP contribution in [0.5, 0.6) is 0 Å². The minimum atomic E-state index is 0.373. The van der Waals surface area contributed by atoms with Gasteiger partial charge in [-0.1, -0.05) is 0 Å². The van der Waals surface area contributed by atoms with Crippen LogP contribution in [0.3, 0.4) is 0 Å². The quantitative estimate of drug-likeness (QED) is 0.665. The van der Waals surface area contributed by atoms with Gasteiger partial charge in [-0.25, -0.2) is 0 Å². The van der Waals surface area contributed by atoms with E-state index < -0.39 is 0 Å². The van der Waals surface area contributed by atoms with Crippen LogP contribution in [-0.2, 0) is 17.1 Å². The Hall–Kier alpha value is -0.417. The zero-order valence-corrected chi connectivity index (χ0v) is 9.38. The zero-order chi connectivity index (χ0) is 8.93. The molecule has 2 aliphatic rings. The summed E-state index contributed by atoms with van der Waals surface area (Å²) < 4.78 is 3.35. The maximum atomic E-state index is 2.34. The van der Waals surface area contributed by atoms with Gasteiger partial charge in [0.15, 0.2) is 0 Å². The fourth-order valence-corrected chi connectivity index (χ4v) is 3.68. The van der Waals surface area contributed by atoms with Crippen LogP contribution < -0.4 is 0 Å². The summed E-state index contributed by atoms with van der Waals surface area (Å²) in [5.74, 6) is 0. The van der Waals surface area contributed by atoms with Crippen molar-refractivity contribution in [1.82, 2.24) is 0 Å². The van der Waals surface area contributed by atoms with Crippen LogP contribution in [-0.4, -0.2) is 0 Å². The van der Waals surface area contributed by atoms with Gasteiger partial charge in [-0.2, -0.15) is 0 Å². The Bertz CT molecular complexity index is 292. The van der Waals surface area contributed by atoms with Gasteiger partial charge in [0, 0.05) is 0 Å². The van der Waals surface area contributed by atoms with Gasteiger partial charge in [-0.15, -0.1) is 0 Å². The molecule has 2 rings (SSSR count). The first-order valence-corrected chi connectivity index (χ1v) is 6.53. The molecule has 0 unspecified atom stereocenters. The van der Waals surface area contributed by atoms with Crippen LogP contribution in [0.4, 0.5) is 0 Å². The molecule has 0 nitrogen and oxygen atoms in total. The van der Waals surface area contributed by atoms with Crippen LogP contribution in [0.25, 0.3) is 0 Å². The van der Waals surface area contributed by atoms with E-state index in [4.69, 9.17) is 0 Å². The average Bonchev–Trinajstić information content (AvgIpc) is 2.49. The predicted molar refractivity (Wildman–Crippen MR) is 52.9 cm³/mol. The van der Waals surface area contributed by atoms with Crippen molar-refractivity contribution in [2.45, 2.75) is 25.7 Å². The number of rotatable bonds is 2. The molecule has 0 radical (unpaired) electrons. The Morgan fingerprint density at radius 3 is 2.69 bits per heavy atom. The van der Waals surface area contributed by atoms with Crippen molar-refractivity contribution in [3.05, 3.63) is 44.8 Å². The zero-order valence-electron chi connectivity index (χ0n) is 7.65. The van der Waals surface area contributed by atoms with E-state index in [1.165, 1.54) is 25.7 Å². The van der Waals surface area contributed by atoms with Crippen molar-refractivity contribution in [1.29, 1.82) is 0 Å². The van der Waals surface area contributed by atoms with E-state index in [2.05, 4.69) is 36.5 Å². The molecule has 0 saturated heterocycles. The first kappa shape index (κ1) is 9.15. The molecule has 0 heterocycles. The molecule has 13 heavy (non-hydrogen) atoms. The van der Waals surface area contributed by atoms with E-state index >= 15 is 0 Å². The van der Waals surface area contributed by atoms with Gasteiger partial charge in [-0.3, -0.25) is 0 Å². The van der Waals surface area contributed by atoms with Crippen molar-refractivity contribution in [2.75, 3.05) is 0 Å². The number of hydrogen-bond acceptors (Lipinski definition) is 0. The predicted octanol–water partition coefficient (Wildman–Crippen LogP) is 3.54. The first-order chi connectivity index (χ1) is 6.45. The van der Waals surface area contributed by atoms with Crippen molar-refractivity contribution < 1.29 is 17.1 Å². The molecule has 0 spiro atoms. The van der Waals surface area contributed by atoms with E-state index in [0.29, 0.717) is 17.1 Å². The summed E-state index contributed by atoms with van der Waals surface area (Å²) in [4.78, 5) is 0. The summed E-state index contributed by atoms with van der Waals surface area (Å²) in [5, 5.41) is 0. The molecule has 0 aromatic rings. The average molecular weight is 259 g/mol. The Morgan fingerprint density at radius 2 is 1.85 bits per heavy atom. The topological polar surface area (TPSA) is 0 Å². The van der Waals surface area contributed by atoms with Gasteiger partial charge in [0.2, 0.25) is 0 Å². The monoisotopic (exact) mass is 260 g/mol. The molecule has 0 amide bonds. The third-order valence-corrected chi connectivity index (χ3v) is 4.62. The molecule has 0 aromatic heterocycles.